The second-order valence-electron chi connectivity index (χ2n) is 5.01. The molecule has 0 aromatic heterocycles. The lowest BCUT2D eigenvalue weighted by Crippen LogP contribution is -2.47. The number of nitrogens with zero attached hydrogens (tertiary/aromatic N) is 1. The van der Waals surface area contributed by atoms with Gasteiger partial charge in [-0.1, -0.05) is 23.7 Å². The molecule has 0 spiro atoms. The van der Waals surface area contributed by atoms with Crippen LogP contribution in [-0.4, -0.2) is 22.9 Å². The third kappa shape index (κ3) is 2.22. The fourth-order valence-electron chi connectivity index (χ4n) is 2.40. The van der Waals surface area contributed by atoms with Gasteiger partial charge in [-0.05, 0) is 36.5 Å². The Bertz CT molecular complexity index is 486. The van der Waals surface area contributed by atoms with E-state index in [0.717, 1.165) is 36.4 Å². The number of carbonyl (C=O) groups is 1. The predicted molar refractivity (Wildman–Crippen MR) is 74.0 cm³/mol. The van der Waals surface area contributed by atoms with Crippen molar-refractivity contribution in [3.05, 3.63) is 34.3 Å². The summed E-state index contributed by atoms with van der Waals surface area (Å²) in [5.41, 5.74) is 7.73. The fourth-order valence-corrected chi connectivity index (χ4v) is 2.69. The molecule has 18 heavy (non-hydrogen) atoms. The quantitative estimate of drug-likeness (QED) is 0.860. The minimum Gasteiger partial charge on any atom is -0.336 e. The average molecular weight is 287 g/mol. The first kappa shape index (κ1) is 13.7. The zero-order valence-corrected chi connectivity index (χ0v) is 11.6. The largest absolute Gasteiger partial charge is 0.336 e. The Balaban J connectivity index is 0.00000120. The van der Waals surface area contributed by atoms with E-state index in [-0.39, 0.29) is 18.3 Å². The summed E-state index contributed by atoms with van der Waals surface area (Å²) in [6.45, 7) is 1.38. The van der Waals surface area contributed by atoms with Crippen molar-refractivity contribution in [2.45, 2.75) is 31.3 Å². The van der Waals surface area contributed by atoms with Crippen LogP contribution in [0.3, 0.4) is 0 Å². The third-order valence-electron chi connectivity index (χ3n) is 3.71. The molecule has 3 rings (SSSR count). The van der Waals surface area contributed by atoms with Gasteiger partial charge in [0.15, 0.2) is 0 Å². The summed E-state index contributed by atoms with van der Waals surface area (Å²) < 4.78 is 0. The van der Waals surface area contributed by atoms with E-state index in [9.17, 15) is 4.79 Å². The minimum atomic E-state index is -0.559. The Labute approximate surface area is 118 Å². The maximum Gasteiger partial charge on any atom is 0.242 e. The molecule has 1 saturated carbocycles. The zero-order chi connectivity index (χ0) is 12.0. The number of rotatable bonds is 1. The summed E-state index contributed by atoms with van der Waals surface area (Å²) in [7, 11) is 0. The van der Waals surface area contributed by atoms with Gasteiger partial charge in [-0.2, -0.15) is 0 Å². The molecule has 2 N–H and O–H groups in total. The lowest BCUT2D eigenvalue weighted by molar-refractivity contribution is -0.134. The molecule has 1 aliphatic heterocycles. The predicted octanol–water partition coefficient (Wildman–Crippen LogP) is 2.14. The summed E-state index contributed by atoms with van der Waals surface area (Å²) in [5.74, 6) is 0.100. The van der Waals surface area contributed by atoms with Crippen molar-refractivity contribution in [3.8, 4) is 0 Å². The highest BCUT2D eigenvalue weighted by atomic mass is 35.5. The van der Waals surface area contributed by atoms with Crippen molar-refractivity contribution in [1.29, 1.82) is 0 Å². The summed E-state index contributed by atoms with van der Waals surface area (Å²) in [6, 6.07) is 5.88. The van der Waals surface area contributed by atoms with E-state index in [1.165, 1.54) is 5.56 Å². The van der Waals surface area contributed by atoms with Crippen molar-refractivity contribution in [1.82, 2.24) is 4.90 Å². The van der Waals surface area contributed by atoms with Crippen LogP contribution in [0.1, 0.15) is 24.0 Å². The molecule has 0 radical (unpaired) electrons. The first-order valence-electron chi connectivity index (χ1n) is 5.95. The lowest BCUT2D eigenvalue weighted by Gasteiger charge is -2.31. The molecule has 1 aromatic rings. The van der Waals surface area contributed by atoms with Crippen molar-refractivity contribution in [2.24, 2.45) is 5.73 Å². The normalized spacial score (nSPS) is 19.8. The lowest BCUT2D eigenvalue weighted by atomic mass is 9.99. The minimum absolute atomic E-state index is 0. The Hall–Kier alpha value is -0.770. The van der Waals surface area contributed by atoms with Crippen LogP contribution in [0.25, 0.3) is 0 Å². The molecule has 1 aliphatic carbocycles. The fraction of sp³-hybridized carbons (Fsp3) is 0.462. The molecular formula is C13H16Cl2N2O. The molecular weight excluding hydrogens is 271 g/mol. The van der Waals surface area contributed by atoms with E-state index in [1.54, 1.807) is 0 Å². The van der Waals surface area contributed by atoms with Gasteiger partial charge in [0.25, 0.3) is 0 Å². The third-order valence-corrected chi connectivity index (χ3v) is 4.06. The second-order valence-corrected chi connectivity index (χ2v) is 5.42. The van der Waals surface area contributed by atoms with Crippen LogP contribution < -0.4 is 5.73 Å². The average Bonchev–Trinajstić information content (AvgIpc) is 3.08. The molecule has 98 valence electrons. The Morgan fingerprint density at radius 3 is 2.78 bits per heavy atom. The number of hydrogen-bond donors (Lipinski definition) is 1. The number of carbonyl (C=O) groups excluding carboxylic acids is 1. The maximum absolute atomic E-state index is 12.1. The molecule has 2 aliphatic rings. The number of benzene rings is 1. The van der Waals surface area contributed by atoms with Crippen LogP contribution >= 0.6 is 24.0 Å². The summed E-state index contributed by atoms with van der Waals surface area (Å²) >= 11 is 6.14. The molecule has 1 heterocycles. The number of hydrogen-bond acceptors (Lipinski definition) is 2. The van der Waals surface area contributed by atoms with E-state index < -0.39 is 5.54 Å². The summed E-state index contributed by atoms with van der Waals surface area (Å²) in [5, 5.41) is 0.809. The number of fused-ring (bicyclic) bond motifs is 1. The number of amides is 1. The first-order valence-corrected chi connectivity index (χ1v) is 6.32. The van der Waals surface area contributed by atoms with Gasteiger partial charge in [-0.25, -0.2) is 0 Å². The highest BCUT2D eigenvalue weighted by Gasteiger charge is 2.48. The van der Waals surface area contributed by atoms with Crippen LogP contribution in [0, 0.1) is 0 Å². The topological polar surface area (TPSA) is 46.3 Å². The molecule has 0 saturated heterocycles. The van der Waals surface area contributed by atoms with E-state index in [2.05, 4.69) is 0 Å². The van der Waals surface area contributed by atoms with E-state index in [4.69, 9.17) is 17.3 Å². The van der Waals surface area contributed by atoms with Crippen molar-refractivity contribution in [3.63, 3.8) is 0 Å². The Morgan fingerprint density at radius 1 is 1.39 bits per heavy atom. The van der Waals surface area contributed by atoms with E-state index >= 15 is 0 Å². The standard InChI is InChI=1S/C13H15ClN2O.ClH/c14-11-3-1-2-9-8-16(7-4-10(9)11)12(17)13(15)5-6-13;/h1-3H,4-8,15H2;1H. The molecule has 0 bridgehead atoms. The molecule has 1 fully saturated rings. The van der Waals surface area contributed by atoms with Gasteiger partial charge in [-0.3, -0.25) is 4.79 Å². The van der Waals surface area contributed by atoms with E-state index in [1.807, 2.05) is 23.1 Å². The zero-order valence-electron chi connectivity index (χ0n) is 9.99. The monoisotopic (exact) mass is 286 g/mol. The van der Waals surface area contributed by atoms with Gasteiger partial charge in [0.05, 0.1) is 5.54 Å². The van der Waals surface area contributed by atoms with Gasteiger partial charge in [0.2, 0.25) is 5.91 Å². The van der Waals surface area contributed by atoms with E-state index in [0.29, 0.717) is 6.54 Å². The number of nitrogens with two attached hydrogens (primary N) is 1. The van der Waals surface area contributed by atoms with Gasteiger partial charge in [-0.15, -0.1) is 12.4 Å². The van der Waals surface area contributed by atoms with Crippen molar-refractivity contribution >= 4 is 29.9 Å². The van der Waals surface area contributed by atoms with Crippen LogP contribution in [-0.2, 0) is 17.8 Å². The molecule has 0 unspecified atom stereocenters. The Morgan fingerprint density at radius 2 is 2.11 bits per heavy atom. The smallest absolute Gasteiger partial charge is 0.242 e. The van der Waals surface area contributed by atoms with Crippen LogP contribution in [0.5, 0.6) is 0 Å². The molecule has 1 aromatic carbocycles. The van der Waals surface area contributed by atoms with Crippen LogP contribution in [0.2, 0.25) is 5.02 Å². The molecule has 5 heteroatoms. The van der Waals surface area contributed by atoms with Gasteiger partial charge >= 0.3 is 0 Å². The van der Waals surface area contributed by atoms with Crippen molar-refractivity contribution in [2.75, 3.05) is 6.54 Å². The van der Waals surface area contributed by atoms with Gasteiger partial charge < -0.3 is 10.6 Å². The van der Waals surface area contributed by atoms with Crippen molar-refractivity contribution < 1.29 is 4.79 Å². The van der Waals surface area contributed by atoms with Crippen LogP contribution in [0.15, 0.2) is 18.2 Å². The summed E-state index contributed by atoms with van der Waals surface area (Å²) in [6.07, 6.45) is 2.48. The number of halogens is 2. The molecule has 1 amide bonds. The maximum atomic E-state index is 12.1. The summed E-state index contributed by atoms with van der Waals surface area (Å²) in [4.78, 5) is 14.0. The molecule has 3 nitrogen and oxygen atoms in total. The SMILES string of the molecule is Cl.NC1(C(=O)N2CCc3c(Cl)cccc3C2)CC1. The first-order chi connectivity index (χ1) is 8.10. The molecule has 0 atom stereocenters. The Kier molecular flexibility index (Phi) is 3.58. The highest BCUT2D eigenvalue weighted by Crippen LogP contribution is 2.36. The van der Waals surface area contributed by atoms with Crippen LogP contribution in [0.4, 0.5) is 0 Å². The highest BCUT2D eigenvalue weighted by molar-refractivity contribution is 6.31. The second kappa shape index (κ2) is 4.72. The van der Waals surface area contributed by atoms with Gasteiger partial charge in [0, 0.05) is 18.1 Å². The van der Waals surface area contributed by atoms with Gasteiger partial charge in [0.1, 0.15) is 0 Å².